The molecule has 1 aromatic rings. The van der Waals surface area contributed by atoms with Gasteiger partial charge in [0.1, 0.15) is 5.76 Å². The van der Waals surface area contributed by atoms with E-state index in [1.165, 1.54) is 7.11 Å². The highest BCUT2D eigenvalue weighted by Crippen LogP contribution is 2.19. The molecule has 5 nitrogen and oxygen atoms in total. The van der Waals surface area contributed by atoms with Crippen molar-refractivity contribution in [3.8, 4) is 0 Å². The minimum atomic E-state index is -0.754. The van der Waals surface area contributed by atoms with Crippen molar-refractivity contribution in [2.45, 2.75) is 39.3 Å². The maximum absolute atomic E-state index is 11.4. The Morgan fingerprint density at radius 1 is 1.53 bits per heavy atom. The van der Waals surface area contributed by atoms with Gasteiger partial charge in [-0.05, 0) is 27.0 Å². The zero-order chi connectivity index (χ0) is 14.6. The van der Waals surface area contributed by atoms with Gasteiger partial charge in [0.2, 0.25) is 5.76 Å². The first-order valence-corrected chi connectivity index (χ1v) is 6.37. The van der Waals surface area contributed by atoms with Crippen molar-refractivity contribution in [3.63, 3.8) is 0 Å². The predicted octanol–water partition coefficient (Wildman–Crippen LogP) is 1.83. The van der Waals surface area contributed by atoms with Gasteiger partial charge < -0.3 is 14.3 Å². The van der Waals surface area contributed by atoms with E-state index < -0.39 is 11.6 Å². The molecule has 0 bridgehead atoms. The van der Waals surface area contributed by atoms with Crippen LogP contribution in [0.15, 0.2) is 10.5 Å². The topological polar surface area (TPSA) is 62.9 Å². The van der Waals surface area contributed by atoms with Crippen LogP contribution in [0, 0.1) is 0 Å². The second-order valence-corrected chi connectivity index (χ2v) is 5.39. The summed E-state index contributed by atoms with van der Waals surface area (Å²) in [4.78, 5) is 13.4. The first kappa shape index (κ1) is 15.7. The van der Waals surface area contributed by atoms with Crippen LogP contribution in [0.4, 0.5) is 0 Å². The van der Waals surface area contributed by atoms with Gasteiger partial charge in [0.05, 0.1) is 12.7 Å². The molecule has 0 aliphatic carbocycles. The van der Waals surface area contributed by atoms with Crippen molar-refractivity contribution in [1.29, 1.82) is 0 Å². The second kappa shape index (κ2) is 6.21. The molecule has 0 spiro atoms. The van der Waals surface area contributed by atoms with Gasteiger partial charge in [0.15, 0.2) is 0 Å². The van der Waals surface area contributed by atoms with Crippen LogP contribution in [0.3, 0.4) is 0 Å². The molecule has 5 heteroatoms. The van der Waals surface area contributed by atoms with Gasteiger partial charge in [0.25, 0.3) is 0 Å². The van der Waals surface area contributed by atoms with E-state index in [-0.39, 0.29) is 5.76 Å². The zero-order valence-electron chi connectivity index (χ0n) is 12.3. The summed E-state index contributed by atoms with van der Waals surface area (Å²) in [6.07, 6.45) is 0.711. The number of carbonyl (C=O) groups is 1. The van der Waals surface area contributed by atoms with E-state index in [9.17, 15) is 9.90 Å². The van der Waals surface area contributed by atoms with Crippen molar-refractivity contribution in [2.75, 3.05) is 20.7 Å². The molecule has 0 saturated carbocycles. The minimum absolute atomic E-state index is 0.228. The van der Waals surface area contributed by atoms with Crippen LogP contribution in [0.25, 0.3) is 0 Å². The lowest BCUT2D eigenvalue weighted by Crippen LogP contribution is -2.35. The third-order valence-corrected chi connectivity index (χ3v) is 2.70. The number of furan rings is 1. The van der Waals surface area contributed by atoms with Crippen LogP contribution in [0.2, 0.25) is 0 Å². The number of carbonyl (C=O) groups excluding carboxylic acids is 1. The van der Waals surface area contributed by atoms with E-state index in [2.05, 4.69) is 4.74 Å². The Bertz CT molecular complexity index is 431. The molecule has 108 valence electrons. The lowest BCUT2D eigenvalue weighted by atomic mass is 10.1. The summed E-state index contributed by atoms with van der Waals surface area (Å²) in [6.45, 7) is 6.65. The highest BCUT2D eigenvalue weighted by atomic mass is 16.5. The molecular formula is C14H23NO4. The van der Waals surface area contributed by atoms with Gasteiger partial charge in [-0.15, -0.1) is 0 Å². The first-order valence-electron chi connectivity index (χ1n) is 6.37. The number of methoxy groups -OCH3 is 1. The molecule has 0 unspecified atom stereocenters. The largest absolute Gasteiger partial charge is 0.463 e. The quantitative estimate of drug-likeness (QED) is 0.798. The summed E-state index contributed by atoms with van der Waals surface area (Å²) >= 11 is 0. The highest BCUT2D eigenvalue weighted by molar-refractivity contribution is 5.86. The summed E-state index contributed by atoms with van der Waals surface area (Å²) in [5.41, 5.74) is 0.199. The number of ether oxygens (including phenoxy) is 1. The maximum Gasteiger partial charge on any atom is 0.373 e. The number of rotatable bonds is 6. The van der Waals surface area contributed by atoms with Gasteiger partial charge in [-0.2, -0.15) is 0 Å². The lowest BCUT2D eigenvalue weighted by Gasteiger charge is -2.25. The fraction of sp³-hybridized carbons (Fsp3) is 0.643. The highest BCUT2D eigenvalue weighted by Gasteiger charge is 2.20. The molecule has 19 heavy (non-hydrogen) atoms. The third kappa shape index (κ3) is 4.69. The van der Waals surface area contributed by atoms with Crippen molar-refractivity contribution in [1.82, 2.24) is 4.90 Å². The van der Waals surface area contributed by atoms with Crippen molar-refractivity contribution in [3.05, 3.63) is 23.2 Å². The van der Waals surface area contributed by atoms with Gasteiger partial charge in [-0.25, -0.2) is 4.79 Å². The normalized spacial score (nSPS) is 11.9. The summed E-state index contributed by atoms with van der Waals surface area (Å²) in [5.74, 6) is 0.542. The third-order valence-electron chi connectivity index (χ3n) is 2.70. The molecule has 1 N–H and O–H groups in total. The van der Waals surface area contributed by atoms with E-state index in [0.29, 0.717) is 19.5 Å². The molecule has 0 aromatic carbocycles. The van der Waals surface area contributed by atoms with Gasteiger partial charge in [-0.1, -0.05) is 6.92 Å². The Morgan fingerprint density at radius 3 is 2.63 bits per heavy atom. The molecule has 1 rings (SSSR count). The molecule has 1 heterocycles. The van der Waals surface area contributed by atoms with E-state index in [1.54, 1.807) is 19.9 Å². The Morgan fingerprint density at radius 2 is 2.16 bits per heavy atom. The molecule has 0 amide bonds. The fourth-order valence-corrected chi connectivity index (χ4v) is 2.11. The van der Waals surface area contributed by atoms with Gasteiger partial charge >= 0.3 is 5.97 Å². The number of likely N-dealkylation sites (N-methyl/N-ethyl adjacent to an activating group) is 1. The van der Waals surface area contributed by atoms with Crippen LogP contribution in [0.5, 0.6) is 0 Å². The van der Waals surface area contributed by atoms with E-state index in [0.717, 1.165) is 11.3 Å². The lowest BCUT2D eigenvalue weighted by molar-refractivity contribution is 0.0423. The van der Waals surface area contributed by atoms with E-state index in [1.807, 2.05) is 18.9 Å². The molecular weight excluding hydrogens is 246 g/mol. The number of hydrogen-bond acceptors (Lipinski definition) is 5. The average Bonchev–Trinajstić information content (AvgIpc) is 2.68. The number of aliphatic hydroxyl groups is 1. The van der Waals surface area contributed by atoms with Crippen LogP contribution in [-0.4, -0.2) is 42.3 Å². The number of hydrogen-bond donors (Lipinski definition) is 1. The fourth-order valence-electron chi connectivity index (χ4n) is 2.11. The van der Waals surface area contributed by atoms with Gasteiger partial charge in [-0.3, -0.25) is 4.90 Å². The van der Waals surface area contributed by atoms with Crippen molar-refractivity contribution < 1.29 is 19.1 Å². The predicted molar refractivity (Wildman–Crippen MR) is 72.1 cm³/mol. The minimum Gasteiger partial charge on any atom is -0.463 e. The Kier molecular flexibility index (Phi) is 5.14. The molecule has 0 aliphatic rings. The second-order valence-electron chi connectivity index (χ2n) is 5.39. The summed E-state index contributed by atoms with van der Waals surface area (Å²) < 4.78 is 10.1. The standard InChI is InChI=1S/C14H23NO4/c1-6-11-10(7-12(19-11)13(16)18-5)8-15(4)9-14(2,3)17/h7,17H,6,8-9H2,1-5H3. The molecule has 0 radical (unpaired) electrons. The molecule has 1 aromatic heterocycles. The smallest absolute Gasteiger partial charge is 0.373 e. The van der Waals surface area contributed by atoms with Crippen molar-refractivity contribution in [2.24, 2.45) is 0 Å². The van der Waals surface area contributed by atoms with Crippen LogP contribution in [-0.2, 0) is 17.7 Å². The first-order chi connectivity index (χ1) is 8.76. The molecule has 0 aliphatic heterocycles. The van der Waals surface area contributed by atoms with Crippen LogP contribution >= 0.6 is 0 Å². The summed E-state index contributed by atoms with van der Waals surface area (Å²) in [5, 5.41) is 9.78. The zero-order valence-corrected chi connectivity index (χ0v) is 12.3. The maximum atomic E-state index is 11.4. The summed E-state index contributed by atoms with van der Waals surface area (Å²) in [7, 11) is 3.25. The number of esters is 1. The average molecular weight is 269 g/mol. The molecule has 0 fully saturated rings. The van der Waals surface area contributed by atoms with E-state index >= 15 is 0 Å². The van der Waals surface area contributed by atoms with Crippen LogP contribution < -0.4 is 0 Å². The Balaban J connectivity index is 2.82. The number of aryl methyl sites for hydroxylation is 1. The van der Waals surface area contributed by atoms with Crippen molar-refractivity contribution >= 4 is 5.97 Å². The van der Waals surface area contributed by atoms with Crippen LogP contribution in [0.1, 0.15) is 42.6 Å². The molecule has 0 saturated heterocycles. The number of nitrogens with zero attached hydrogens (tertiary/aromatic N) is 1. The Hall–Kier alpha value is -1.33. The monoisotopic (exact) mass is 269 g/mol. The molecule has 0 atom stereocenters. The van der Waals surface area contributed by atoms with Gasteiger partial charge in [0, 0.05) is 25.1 Å². The van der Waals surface area contributed by atoms with E-state index in [4.69, 9.17) is 4.42 Å². The Labute approximate surface area is 114 Å². The SMILES string of the molecule is CCc1oc(C(=O)OC)cc1CN(C)CC(C)(C)O. The summed E-state index contributed by atoms with van der Waals surface area (Å²) in [6, 6.07) is 1.71.